The molecule has 0 heterocycles. The number of carbonyl (C=O) groups is 1. The molecule has 0 saturated heterocycles. The lowest BCUT2D eigenvalue weighted by atomic mass is 10.1. The predicted molar refractivity (Wildman–Crippen MR) is 73.8 cm³/mol. The van der Waals surface area contributed by atoms with Crippen LogP contribution in [0, 0.1) is 0 Å². The van der Waals surface area contributed by atoms with Gasteiger partial charge in [0.1, 0.15) is 11.6 Å². The van der Waals surface area contributed by atoms with Crippen molar-refractivity contribution in [2.45, 2.75) is 12.8 Å². The highest BCUT2D eigenvalue weighted by Gasteiger charge is 2.13. The van der Waals surface area contributed by atoms with Crippen molar-refractivity contribution in [1.82, 2.24) is 16.0 Å². The molecule has 4 nitrogen and oxygen atoms in total. The van der Waals surface area contributed by atoms with E-state index in [9.17, 15) is 9.18 Å². The van der Waals surface area contributed by atoms with Gasteiger partial charge < -0.3 is 16.0 Å². The summed E-state index contributed by atoms with van der Waals surface area (Å²) in [5, 5.41) is 8.16. The summed E-state index contributed by atoms with van der Waals surface area (Å²) in [6.45, 7) is 0. The maximum atomic E-state index is 13.5. The van der Waals surface area contributed by atoms with Crippen LogP contribution in [-0.4, -0.2) is 20.0 Å². The van der Waals surface area contributed by atoms with Crippen LogP contribution in [0.15, 0.2) is 33.1 Å². The first-order valence-corrected chi connectivity index (χ1v) is 6.27. The van der Waals surface area contributed by atoms with Gasteiger partial charge in [-0.15, -0.1) is 0 Å². The molecule has 3 N–H and O–H groups in total. The lowest BCUT2D eigenvalue weighted by Gasteiger charge is -2.13. The molecule has 94 valence electrons. The molecule has 0 aromatic carbocycles. The Labute approximate surface area is 114 Å². The summed E-state index contributed by atoms with van der Waals surface area (Å²) in [6, 6.07) is 0. The minimum Gasteiger partial charge on any atom is -0.375 e. The molecular weight excluding hydrogens is 336 g/mol. The summed E-state index contributed by atoms with van der Waals surface area (Å²) in [4.78, 5) is 11.6. The standard InChI is InChI=1S/C11H15FIN3O/c1-14-10(15-2)6-11(17)16-9-4-3-7(13)5-8(9)12/h5-6,14-15H,3-4H2,1-2H3,(H,16,17). The van der Waals surface area contributed by atoms with Crippen molar-refractivity contribution < 1.29 is 9.18 Å². The van der Waals surface area contributed by atoms with Crippen LogP contribution in [0.25, 0.3) is 0 Å². The third-order valence-electron chi connectivity index (χ3n) is 2.27. The molecule has 17 heavy (non-hydrogen) atoms. The maximum absolute atomic E-state index is 13.5. The number of hydrogen-bond acceptors (Lipinski definition) is 3. The van der Waals surface area contributed by atoms with Crippen molar-refractivity contribution in [3.05, 3.63) is 33.1 Å². The Hall–Kier alpha value is -1.05. The predicted octanol–water partition coefficient (Wildman–Crippen LogP) is 1.68. The van der Waals surface area contributed by atoms with Gasteiger partial charge in [0.25, 0.3) is 5.91 Å². The minimum absolute atomic E-state index is 0.346. The van der Waals surface area contributed by atoms with Crippen LogP contribution in [0.1, 0.15) is 12.8 Å². The Morgan fingerprint density at radius 3 is 2.59 bits per heavy atom. The van der Waals surface area contributed by atoms with E-state index in [4.69, 9.17) is 0 Å². The second kappa shape index (κ2) is 6.63. The van der Waals surface area contributed by atoms with Gasteiger partial charge in [-0.05, 0) is 45.1 Å². The third-order valence-corrected chi connectivity index (χ3v) is 3.12. The number of nitrogens with one attached hydrogen (secondary N) is 3. The highest BCUT2D eigenvalue weighted by molar-refractivity contribution is 14.1. The molecule has 0 aromatic heterocycles. The number of amides is 1. The fourth-order valence-corrected chi connectivity index (χ4v) is 1.91. The first kappa shape index (κ1) is 14.0. The second-order valence-corrected chi connectivity index (χ2v) is 4.85. The Balaban J connectivity index is 2.70. The van der Waals surface area contributed by atoms with E-state index >= 15 is 0 Å². The highest BCUT2D eigenvalue weighted by atomic mass is 127. The summed E-state index contributed by atoms with van der Waals surface area (Å²) >= 11 is 2.09. The Morgan fingerprint density at radius 2 is 2.06 bits per heavy atom. The first-order valence-electron chi connectivity index (χ1n) is 5.19. The molecule has 1 aliphatic rings. The van der Waals surface area contributed by atoms with E-state index in [1.165, 1.54) is 12.2 Å². The van der Waals surface area contributed by atoms with E-state index in [0.29, 0.717) is 17.9 Å². The molecule has 1 amide bonds. The van der Waals surface area contributed by atoms with Gasteiger partial charge in [0, 0.05) is 20.2 Å². The Kier molecular flexibility index (Phi) is 5.46. The fraction of sp³-hybridized carbons (Fsp3) is 0.364. The quantitative estimate of drug-likeness (QED) is 0.534. The molecule has 0 fully saturated rings. The second-order valence-electron chi connectivity index (χ2n) is 3.46. The average Bonchev–Trinajstić information content (AvgIpc) is 2.29. The smallest absolute Gasteiger partial charge is 0.251 e. The highest BCUT2D eigenvalue weighted by Crippen LogP contribution is 2.26. The van der Waals surface area contributed by atoms with Crippen molar-refractivity contribution in [2.75, 3.05) is 14.1 Å². The molecule has 6 heteroatoms. The molecule has 0 aromatic rings. The van der Waals surface area contributed by atoms with Crippen LogP contribution in [0.5, 0.6) is 0 Å². The molecule has 0 radical (unpaired) electrons. The van der Waals surface area contributed by atoms with E-state index in [2.05, 4.69) is 38.5 Å². The molecule has 0 aliphatic heterocycles. The molecule has 1 aliphatic carbocycles. The number of carbonyl (C=O) groups excluding carboxylic acids is 1. The molecular formula is C11H15FIN3O. The van der Waals surface area contributed by atoms with Crippen LogP contribution < -0.4 is 16.0 Å². The monoisotopic (exact) mass is 351 g/mol. The SMILES string of the molecule is CNC(=CC(=O)NC1=C(F)C=C(I)CC1)NC. The van der Waals surface area contributed by atoms with Crippen LogP contribution in [0.4, 0.5) is 4.39 Å². The number of hydrogen-bond donors (Lipinski definition) is 3. The van der Waals surface area contributed by atoms with E-state index < -0.39 is 0 Å². The lowest BCUT2D eigenvalue weighted by Crippen LogP contribution is -2.27. The zero-order chi connectivity index (χ0) is 12.8. The number of allylic oxidation sites excluding steroid dienone is 4. The van der Waals surface area contributed by atoms with Gasteiger partial charge in [0.15, 0.2) is 0 Å². The van der Waals surface area contributed by atoms with Crippen molar-refractivity contribution in [3.8, 4) is 0 Å². The largest absolute Gasteiger partial charge is 0.375 e. The molecule has 0 unspecified atom stereocenters. The van der Waals surface area contributed by atoms with Gasteiger partial charge in [-0.3, -0.25) is 4.79 Å². The van der Waals surface area contributed by atoms with Crippen LogP contribution >= 0.6 is 22.6 Å². The molecule has 1 rings (SSSR count). The average molecular weight is 351 g/mol. The minimum atomic E-state index is -0.363. The first-order chi connectivity index (χ1) is 8.06. The maximum Gasteiger partial charge on any atom is 0.251 e. The van der Waals surface area contributed by atoms with Crippen LogP contribution in [-0.2, 0) is 4.79 Å². The van der Waals surface area contributed by atoms with Gasteiger partial charge in [-0.25, -0.2) is 4.39 Å². The topological polar surface area (TPSA) is 53.2 Å². The van der Waals surface area contributed by atoms with Gasteiger partial charge >= 0.3 is 0 Å². The summed E-state index contributed by atoms with van der Waals surface area (Å²) < 4.78 is 14.4. The normalized spacial score (nSPS) is 14.9. The Morgan fingerprint density at radius 1 is 1.41 bits per heavy atom. The van der Waals surface area contributed by atoms with Crippen molar-refractivity contribution in [1.29, 1.82) is 0 Å². The van der Waals surface area contributed by atoms with Gasteiger partial charge in [0.05, 0.1) is 5.70 Å². The van der Waals surface area contributed by atoms with E-state index in [0.717, 1.165) is 10.0 Å². The van der Waals surface area contributed by atoms with Gasteiger partial charge in [0.2, 0.25) is 0 Å². The van der Waals surface area contributed by atoms with E-state index in [-0.39, 0.29) is 11.7 Å². The molecule has 0 saturated carbocycles. The number of halogens is 2. The van der Waals surface area contributed by atoms with E-state index in [1.54, 1.807) is 14.1 Å². The van der Waals surface area contributed by atoms with Crippen molar-refractivity contribution in [3.63, 3.8) is 0 Å². The van der Waals surface area contributed by atoms with Gasteiger partial charge in [-0.1, -0.05) is 0 Å². The third kappa shape index (κ3) is 4.37. The lowest BCUT2D eigenvalue weighted by molar-refractivity contribution is -0.116. The summed E-state index contributed by atoms with van der Waals surface area (Å²) in [5.74, 6) is -0.138. The molecule has 0 atom stereocenters. The number of rotatable bonds is 4. The van der Waals surface area contributed by atoms with Crippen molar-refractivity contribution >= 4 is 28.5 Å². The fourth-order valence-electron chi connectivity index (χ4n) is 1.37. The summed E-state index contributed by atoms with van der Waals surface area (Å²) in [6.07, 6.45) is 4.08. The zero-order valence-electron chi connectivity index (χ0n) is 9.73. The molecule has 0 spiro atoms. The Bertz CT molecular complexity index is 396. The van der Waals surface area contributed by atoms with E-state index in [1.807, 2.05) is 0 Å². The van der Waals surface area contributed by atoms with Crippen LogP contribution in [0.2, 0.25) is 0 Å². The van der Waals surface area contributed by atoms with Crippen molar-refractivity contribution in [2.24, 2.45) is 0 Å². The zero-order valence-corrected chi connectivity index (χ0v) is 11.9. The summed E-state index contributed by atoms with van der Waals surface area (Å²) in [7, 11) is 3.39. The molecule has 0 bridgehead atoms. The van der Waals surface area contributed by atoms with Gasteiger partial charge in [-0.2, -0.15) is 0 Å². The van der Waals surface area contributed by atoms with Crippen LogP contribution in [0.3, 0.4) is 0 Å². The summed E-state index contributed by atoms with van der Waals surface area (Å²) in [5.41, 5.74) is 0.346.